The molecule has 0 saturated carbocycles. The first kappa shape index (κ1) is 14.1. The van der Waals surface area contributed by atoms with Crippen LogP contribution in [0.15, 0.2) is 40.7 Å². The summed E-state index contributed by atoms with van der Waals surface area (Å²) in [6, 6.07) is 6.70. The summed E-state index contributed by atoms with van der Waals surface area (Å²) in [5.41, 5.74) is 1.18. The number of furan rings is 1. The van der Waals surface area contributed by atoms with Crippen LogP contribution in [0.4, 0.5) is 0 Å². The Bertz CT molecular complexity index is 771. The minimum absolute atomic E-state index is 0.169. The first-order chi connectivity index (χ1) is 11.2. The second-order valence-corrected chi connectivity index (χ2v) is 5.88. The predicted octanol–water partition coefficient (Wildman–Crippen LogP) is 3.20. The topological polar surface area (TPSA) is 62.9 Å². The maximum Gasteiger partial charge on any atom is 0.232 e. The number of phenols is 1. The van der Waals surface area contributed by atoms with E-state index in [9.17, 15) is 9.90 Å². The van der Waals surface area contributed by atoms with Crippen LogP contribution in [0, 0.1) is 0 Å². The minimum Gasteiger partial charge on any atom is -0.507 e. The lowest BCUT2D eigenvalue weighted by molar-refractivity contribution is 0.101. The fraction of sp³-hybridized carbons (Fsp3) is 0.278. The summed E-state index contributed by atoms with van der Waals surface area (Å²) in [7, 11) is 0. The summed E-state index contributed by atoms with van der Waals surface area (Å²) in [6.07, 6.45) is 5.46. The number of allylic oxidation sites excluding steroid dienone is 1. The molecule has 23 heavy (non-hydrogen) atoms. The molecule has 2 aliphatic rings. The molecule has 0 atom stereocenters. The van der Waals surface area contributed by atoms with Crippen molar-refractivity contribution in [1.29, 1.82) is 0 Å². The van der Waals surface area contributed by atoms with E-state index >= 15 is 0 Å². The molecule has 0 amide bonds. The number of likely N-dealkylation sites (tertiary alicyclic amines) is 1. The first-order valence-corrected chi connectivity index (χ1v) is 7.77. The third kappa shape index (κ3) is 2.53. The summed E-state index contributed by atoms with van der Waals surface area (Å²) in [5.74, 6) is 1.25. The molecule has 5 nitrogen and oxygen atoms in total. The fourth-order valence-corrected chi connectivity index (χ4v) is 3.12. The maximum absolute atomic E-state index is 12.5. The second-order valence-electron chi connectivity index (χ2n) is 5.88. The van der Waals surface area contributed by atoms with Crippen molar-refractivity contribution >= 4 is 11.9 Å². The molecule has 0 aliphatic carbocycles. The molecule has 4 rings (SSSR count). The zero-order valence-corrected chi connectivity index (χ0v) is 12.6. The Morgan fingerprint density at radius 1 is 1.22 bits per heavy atom. The highest BCUT2D eigenvalue weighted by molar-refractivity contribution is 6.14. The van der Waals surface area contributed by atoms with Gasteiger partial charge in [-0.25, -0.2) is 0 Å². The van der Waals surface area contributed by atoms with Gasteiger partial charge in [0.2, 0.25) is 5.78 Å². The molecule has 2 aromatic rings. The van der Waals surface area contributed by atoms with E-state index < -0.39 is 0 Å². The number of hydrogen-bond donors (Lipinski definition) is 1. The van der Waals surface area contributed by atoms with Crippen molar-refractivity contribution < 1.29 is 19.1 Å². The molecule has 0 radical (unpaired) electrons. The Kier molecular flexibility index (Phi) is 3.42. The molecule has 118 valence electrons. The summed E-state index contributed by atoms with van der Waals surface area (Å²) in [6.45, 7) is 2.61. The summed E-state index contributed by atoms with van der Waals surface area (Å²) in [4.78, 5) is 14.8. The van der Waals surface area contributed by atoms with Crippen molar-refractivity contribution in [3.8, 4) is 11.5 Å². The van der Waals surface area contributed by atoms with Crippen molar-refractivity contribution in [2.24, 2.45) is 0 Å². The minimum atomic E-state index is -0.181. The lowest BCUT2D eigenvalue weighted by atomic mass is 10.0. The number of aromatic hydroxyl groups is 1. The van der Waals surface area contributed by atoms with Gasteiger partial charge >= 0.3 is 0 Å². The van der Waals surface area contributed by atoms with Gasteiger partial charge in [0.05, 0.1) is 17.4 Å². The van der Waals surface area contributed by atoms with Gasteiger partial charge in [-0.05, 0) is 50.2 Å². The standard InChI is InChI=1S/C18H17NO4/c20-15-6-5-13-17(21)16(10-12-4-3-9-22-12)23-18(13)14(15)11-19-7-1-2-8-19/h3-6,9-10,20H,1-2,7-8,11H2/b16-10+. The van der Waals surface area contributed by atoms with Gasteiger partial charge in [-0.2, -0.15) is 0 Å². The van der Waals surface area contributed by atoms with E-state index in [0.717, 1.165) is 13.1 Å². The maximum atomic E-state index is 12.5. The van der Waals surface area contributed by atoms with Gasteiger partial charge in [0.25, 0.3) is 0 Å². The van der Waals surface area contributed by atoms with Crippen molar-refractivity contribution in [3.63, 3.8) is 0 Å². The highest BCUT2D eigenvalue weighted by atomic mass is 16.5. The largest absolute Gasteiger partial charge is 0.507 e. The fourth-order valence-electron chi connectivity index (χ4n) is 3.12. The van der Waals surface area contributed by atoms with Gasteiger partial charge < -0.3 is 14.3 Å². The van der Waals surface area contributed by atoms with Crippen molar-refractivity contribution in [3.05, 3.63) is 53.2 Å². The van der Waals surface area contributed by atoms with Gasteiger partial charge in [0.15, 0.2) is 5.76 Å². The molecule has 3 heterocycles. The van der Waals surface area contributed by atoms with E-state index in [0.29, 0.717) is 29.2 Å². The number of Topliss-reactive ketones (excluding diaryl/α,β-unsaturated/α-hetero) is 1. The average Bonchev–Trinajstić information content (AvgIpc) is 3.27. The second kappa shape index (κ2) is 5.59. The molecule has 5 heteroatoms. The van der Waals surface area contributed by atoms with Crippen LogP contribution >= 0.6 is 0 Å². The molecule has 1 fully saturated rings. The number of hydrogen-bond acceptors (Lipinski definition) is 5. The third-order valence-electron chi connectivity index (χ3n) is 4.31. The molecule has 0 bridgehead atoms. The average molecular weight is 311 g/mol. The zero-order valence-electron chi connectivity index (χ0n) is 12.6. The van der Waals surface area contributed by atoms with E-state index in [2.05, 4.69) is 4.90 Å². The van der Waals surface area contributed by atoms with E-state index in [4.69, 9.17) is 9.15 Å². The van der Waals surface area contributed by atoms with E-state index in [1.54, 1.807) is 36.6 Å². The predicted molar refractivity (Wildman–Crippen MR) is 84.3 cm³/mol. The molecule has 0 spiro atoms. The Balaban J connectivity index is 1.69. The van der Waals surface area contributed by atoms with Crippen LogP contribution in [0.2, 0.25) is 0 Å². The summed E-state index contributed by atoms with van der Waals surface area (Å²) >= 11 is 0. The number of carbonyl (C=O) groups excluding carboxylic acids is 1. The summed E-state index contributed by atoms with van der Waals surface area (Å²) in [5, 5.41) is 10.2. The third-order valence-corrected chi connectivity index (χ3v) is 4.31. The Morgan fingerprint density at radius 2 is 2.04 bits per heavy atom. The lowest BCUT2D eigenvalue weighted by Gasteiger charge is -2.17. The number of phenolic OH excluding ortho intramolecular Hbond substituents is 1. The van der Waals surface area contributed by atoms with Crippen LogP contribution in [0.3, 0.4) is 0 Å². The number of fused-ring (bicyclic) bond motifs is 1. The number of nitrogens with zero attached hydrogens (tertiary/aromatic N) is 1. The molecule has 1 aromatic heterocycles. The highest BCUT2D eigenvalue weighted by Crippen LogP contribution is 2.40. The van der Waals surface area contributed by atoms with Crippen LogP contribution in [-0.2, 0) is 6.54 Å². The Morgan fingerprint density at radius 3 is 2.78 bits per heavy atom. The van der Waals surface area contributed by atoms with Crippen molar-refractivity contribution in [2.45, 2.75) is 19.4 Å². The number of ketones is 1. The van der Waals surface area contributed by atoms with Gasteiger partial charge in [0.1, 0.15) is 17.3 Å². The van der Waals surface area contributed by atoms with Gasteiger partial charge in [0, 0.05) is 12.6 Å². The quantitative estimate of drug-likeness (QED) is 0.882. The Labute approximate surface area is 133 Å². The van der Waals surface area contributed by atoms with Crippen molar-refractivity contribution in [1.82, 2.24) is 4.90 Å². The molecular formula is C18H17NO4. The van der Waals surface area contributed by atoms with Crippen LogP contribution in [0.5, 0.6) is 11.5 Å². The summed E-state index contributed by atoms with van der Waals surface area (Å²) < 4.78 is 11.0. The smallest absolute Gasteiger partial charge is 0.232 e. The van der Waals surface area contributed by atoms with Gasteiger partial charge in [-0.1, -0.05) is 0 Å². The number of ether oxygens (including phenoxy) is 1. The number of rotatable bonds is 3. The van der Waals surface area contributed by atoms with Crippen LogP contribution in [-0.4, -0.2) is 28.9 Å². The van der Waals surface area contributed by atoms with E-state index in [1.165, 1.54) is 12.8 Å². The Hall–Kier alpha value is -2.53. The lowest BCUT2D eigenvalue weighted by Crippen LogP contribution is -2.18. The van der Waals surface area contributed by atoms with E-state index in [1.807, 2.05) is 0 Å². The zero-order chi connectivity index (χ0) is 15.8. The van der Waals surface area contributed by atoms with Crippen LogP contribution in [0.1, 0.15) is 34.5 Å². The molecule has 1 aromatic carbocycles. The molecular weight excluding hydrogens is 294 g/mol. The number of carbonyl (C=O) groups is 1. The van der Waals surface area contributed by atoms with Gasteiger partial charge in [-0.15, -0.1) is 0 Å². The SMILES string of the molecule is O=C1/C(=C\c2ccco2)Oc2c1ccc(O)c2CN1CCCC1. The molecule has 1 N–H and O–H groups in total. The van der Waals surface area contributed by atoms with Crippen molar-refractivity contribution in [2.75, 3.05) is 13.1 Å². The number of benzene rings is 1. The molecule has 0 unspecified atom stereocenters. The molecule has 1 saturated heterocycles. The van der Waals surface area contributed by atoms with Gasteiger partial charge in [-0.3, -0.25) is 9.69 Å². The normalized spacial score (nSPS) is 19.3. The highest BCUT2D eigenvalue weighted by Gasteiger charge is 2.32. The monoisotopic (exact) mass is 311 g/mol. The molecule has 2 aliphatic heterocycles. The van der Waals surface area contributed by atoms with E-state index in [-0.39, 0.29) is 17.3 Å². The van der Waals surface area contributed by atoms with Crippen LogP contribution < -0.4 is 4.74 Å². The first-order valence-electron chi connectivity index (χ1n) is 7.77. The van der Waals surface area contributed by atoms with Crippen LogP contribution in [0.25, 0.3) is 6.08 Å².